The first-order valence-corrected chi connectivity index (χ1v) is 4.56. The summed E-state index contributed by atoms with van der Waals surface area (Å²) in [4.78, 5) is 0. The highest BCUT2D eigenvalue weighted by Gasteiger charge is 2.16. The molecule has 0 aromatic heterocycles. The summed E-state index contributed by atoms with van der Waals surface area (Å²) in [6.45, 7) is 9.02. The third-order valence-corrected chi connectivity index (χ3v) is 2.29. The van der Waals surface area contributed by atoms with Crippen molar-refractivity contribution in [3.8, 4) is 0 Å². The van der Waals surface area contributed by atoms with E-state index in [2.05, 4.69) is 39.1 Å². The molecular weight excluding hydrogens is 134 g/mol. The molecule has 1 nitrogen and oxygen atoms in total. The summed E-state index contributed by atoms with van der Waals surface area (Å²) >= 11 is 0. The van der Waals surface area contributed by atoms with Crippen molar-refractivity contribution >= 4 is 0 Å². The van der Waals surface area contributed by atoms with Crippen molar-refractivity contribution < 1.29 is 0 Å². The van der Waals surface area contributed by atoms with Crippen molar-refractivity contribution in [2.75, 3.05) is 0 Å². The van der Waals surface area contributed by atoms with Crippen molar-refractivity contribution in [1.82, 2.24) is 5.32 Å². The van der Waals surface area contributed by atoms with E-state index in [1.165, 1.54) is 6.42 Å². The molecular formula is C10H19N. The summed E-state index contributed by atoms with van der Waals surface area (Å²) in [7, 11) is 0. The Balaban J connectivity index is 2.64. The summed E-state index contributed by atoms with van der Waals surface area (Å²) in [6.07, 6.45) is 3.59. The monoisotopic (exact) mass is 153 g/mol. The van der Waals surface area contributed by atoms with Gasteiger partial charge in [0, 0.05) is 12.1 Å². The third-order valence-electron chi connectivity index (χ3n) is 2.29. The summed E-state index contributed by atoms with van der Waals surface area (Å²) in [5.74, 6) is 0.724. The first-order valence-electron chi connectivity index (χ1n) is 4.56. The van der Waals surface area contributed by atoms with E-state index < -0.39 is 0 Å². The van der Waals surface area contributed by atoms with Crippen LogP contribution < -0.4 is 5.32 Å². The van der Waals surface area contributed by atoms with Crippen molar-refractivity contribution in [1.29, 1.82) is 0 Å². The lowest BCUT2D eigenvalue weighted by Crippen LogP contribution is -2.37. The van der Waals surface area contributed by atoms with Crippen LogP contribution >= 0.6 is 0 Å². The molecule has 11 heavy (non-hydrogen) atoms. The van der Waals surface area contributed by atoms with Gasteiger partial charge in [-0.05, 0) is 26.2 Å². The minimum atomic E-state index is 0.566. The van der Waals surface area contributed by atoms with Gasteiger partial charge in [-0.15, -0.1) is 0 Å². The average molecular weight is 153 g/mol. The van der Waals surface area contributed by atoms with E-state index >= 15 is 0 Å². The van der Waals surface area contributed by atoms with Gasteiger partial charge in [-0.25, -0.2) is 0 Å². The second-order valence-corrected chi connectivity index (χ2v) is 3.96. The predicted octanol–water partition coefficient (Wildman–Crippen LogP) is 2.34. The molecule has 0 amide bonds. The Labute approximate surface area is 69.9 Å². The number of hydrogen-bond donors (Lipinski definition) is 1. The van der Waals surface area contributed by atoms with E-state index in [1.807, 2.05) is 0 Å². The third kappa shape index (κ3) is 2.33. The molecule has 0 saturated heterocycles. The molecule has 0 spiro atoms. The van der Waals surface area contributed by atoms with Crippen LogP contribution in [0.2, 0.25) is 0 Å². The predicted molar refractivity (Wildman–Crippen MR) is 49.6 cm³/mol. The van der Waals surface area contributed by atoms with Crippen LogP contribution in [0.1, 0.15) is 34.1 Å². The van der Waals surface area contributed by atoms with Crippen LogP contribution in [0.15, 0.2) is 11.6 Å². The Morgan fingerprint density at radius 2 is 2.09 bits per heavy atom. The zero-order valence-corrected chi connectivity index (χ0v) is 8.02. The van der Waals surface area contributed by atoms with Crippen molar-refractivity contribution in [3.05, 3.63) is 11.6 Å². The lowest BCUT2D eigenvalue weighted by Gasteiger charge is -2.27. The molecule has 1 aliphatic rings. The zero-order valence-electron chi connectivity index (χ0n) is 8.02. The second-order valence-electron chi connectivity index (χ2n) is 3.96. The highest BCUT2D eigenvalue weighted by Crippen LogP contribution is 2.20. The zero-order chi connectivity index (χ0) is 8.43. The standard InChI is InChI=1S/C10H19N/c1-7(2)10-5-8(3)11-9(4)6-10/h5,7-9,11H,6H2,1-4H3/t8-,9+/m0/s1. The Morgan fingerprint density at radius 1 is 1.45 bits per heavy atom. The molecule has 0 aromatic carbocycles. The Morgan fingerprint density at radius 3 is 2.55 bits per heavy atom. The first kappa shape index (κ1) is 8.79. The largest absolute Gasteiger partial charge is 0.308 e. The molecule has 1 N–H and O–H groups in total. The number of rotatable bonds is 1. The first-order chi connectivity index (χ1) is 5.09. The molecule has 0 radical (unpaired) electrons. The van der Waals surface area contributed by atoms with Gasteiger partial charge in [-0.1, -0.05) is 25.5 Å². The normalized spacial score (nSPS) is 32.3. The molecule has 0 bridgehead atoms. The Kier molecular flexibility index (Phi) is 2.72. The van der Waals surface area contributed by atoms with Gasteiger partial charge < -0.3 is 5.32 Å². The highest BCUT2D eigenvalue weighted by molar-refractivity contribution is 5.13. The van der Waals surface area contributed by atoms with E-state index in [4.69, 9.17) is 0 Å². The SMILES string of the molecule is CC(C)C1=C[C@H](C)N[C@H](C)C1. The second kappa shape index (κ2) is 3.40. The van der Waals surface area contributed by atoms with Crippen LogP contribution in [0.25, 0.3) is 0 Å². The average Bonchev–Trinajstić information content (AvgIpc) is 1.85. The summed E-state index contributed by atoms with van der Waals surface area (Å²) in [6, 6.07) is 1.23. The number of hydrogen-bond acceptors (Lipinski definition) is 1. The highest BCUT2D eigenvalue weighted by atomic mass is 14.9. The molecule has 0 aliphatic carbocycles. The van der Waals surface area contributed by atoms with Gasteiger partial charge in [0.15, 0.2) is 0 Å². The van der Waals surface area contributed by atoms with Crippen LogP contribution in [0.3, 0.4) is 0 Å². The fourth-order valence-electron chi connectivity index (χ4n) is 1.73. The summed E-state index contributed by atoms with van der Waals surface area (Å²) in [5, 5.41) is 3.49. The molecule has 2 atom stereocenters. The van der Waals surface area contributed by atoms with Gasteiger partial charge in [0.25, 0.3) is 0 Å². The van der Waals surface area contributed by atoms with Gasteiger partial charge in [0.05, 0.1) is 0 Å². The van der Waals surface area contributed by atoms with Gasteiger partial charge >= 0.3 is 0 Å². The Bertz CT molecular complexity index is 158. The van der Waals surface area contributed by atoms with Crippen molar-refractivity contribution in [2.45, 2.75) is 46.2 Å². The van der Waals surface area contributed by atoms with E-state index in [0.29, 0.717) is 12.1 Å². The van der Waals surface area contributed by atoms with Crippen molar-refractivity contribution in [3.63, 3.8) is 0 Å². The van der Waals surface area contributed by atoms with Gasteiger partial charge in [0.1, 0.15) is 0 Å². The lowest BCUT2D eigenvalue weighted by atomic mass is 9.91. The van der Waals surface area contributed by atoms with E-state index in [1.54, 1.807) is 5.57 Å². The van der Waals surface area contributed by atoms with Gasteiger partial charge in [-0.3, -0.25) is 0 Å². The quantitative estimate of drug-likeness (QED) is 0.570. The molecule has 0 aromatic rings. The molecule has 1 aliphatic heterocycles. The van der Waals surface area contributed by atoms with Crippen LogP contribution in [0.5, 0.6) is 0 Å². The fraction of sp³-hybridized carbons (Fsp3) is 0.800. The van der Waals surface area contributed by atoms with Crippen LogP contribution in [0, 0.1) is 5.92 Å². The van der Waals surface area contributed by atoms with E-state index in [-0.39, 0.29) is 0 Å². The van der Waals surface area contributed by atoms with Gasteiger partial charge in [-0.2, -0.15) is 0 Å². The van der Waals surface area contributed by atoms with E-state index in [9.17, 15) is 0 Å². The maximum absolute atomic E-state index is 3.49. The number of nitrogens with one attached hydrogen (secondary N) is 1. The topological polar surface area (TPSA) is 12.0 Å². The molecule has 0 unspecified atom stereocenters. The smallest absolute Gasteiger partial charge is 0.0226 e. The minimum absolute atomic E-state index is 0.566. The lowest BCUT2D eigenvalue weighted by molar-refractivity contribution is 0.462. The maximum Gasteiger partial charge on any atom is 0.0226 e. The summed E-state index contributed by atoms with van der Waals surface area (Å²) < 4.78 is 0. The fourth-order valence-corrected chi connectivity index (χ4v) is 1.73. The maximum atomic E-state index is 3.49. The minimum Gasteiger partial charge on any atom is -0.308 e. The summed E-state index contributed by atoms with van der Waals surface area (Å²) in [5.41, 5.74) is 1.61. The van der Waals surface area contributed by atoms with Crippen LogP contribution in [-0.2, 0) is 0 Å². The van der Waals surface area contributed by atoms with Gasteiger partial charge in [0.2, 0.25) is 0 Å². The van der Waals surface area contributed by atoms with Crippen LogP contribution in [0.4, 0.5) is 0 Å². The molecule has 64 valence electrons. The van der Waals surface area contributed by atoms with E-state index in [0.717, 1.165) is 5.92 Å². The Hall–Kier alpha value is -0.300. The van der Waals surface area contributed by atoms with Crippen molar-refractivity contribution in [2.24, 2.45) is 5.92 Å². The molecule has 0 fully saturated rings. The molecule has 1 heteroatoms. The molecule has 1 heterocycles. The molecule has 0 saturated carbocycles. The molecule has 1 rings (SSSR count). The van der Waals surface area contributed by atoms with Crippen LogP contribution in [-0.4, -0.2) is 12.1 Å².